The van der Waals surface area contributed by atoms with Gasteiger partial charge in [0.2, 0.25) is 0 Å². The maximum atomic E-state index is 5.34. The molecule has 0 radical (unpaired) electrons. The predicted octanol–water partition coefficient (Wildman–Crippen LogP) is 2.39. The fourth-order valence-electron chi connectivity index (χ4n) is 1.44. The van der Waals surface area contributed by atoms with Crippen molar-refractivity contribution in [3.63, 3.8) is 0 Å². The molecule has 0 aromatic carbocycles. The van der Waals surface area contributed by atoms with E-state index in [4.69, 9.17) is 11.2 Å². The van der Waals surface area contributed by atoms with Crippen LogP contribution in [0.4, 0.5) is 0 Å². The summed E-state index contributed by atoms with van der Waals surface area (Å²) in [6, 6.07) is 0. The summed E-state index contributed by atoms with van der Waals surface area (Å²) in [7, 11) is 0. The van der Waals surface area contributed by atoms with Gasteiger partial charge in [-0.1, -0.05) is 25.2 Å². The van der Waals surface area contributed by atoms with Crippen molar-refractivity contribution in [3.8, 4) is 12.3 Å². The smallest absolute Gasteiger partial charge is 0.184 e. The maximum Gasteiger partial charge on any atom is 0.184 e. The molecule has 0 bridgehead atoms. The molecule has 0 saturated carbocycles. The lowest BCUT2D eigenvalue weighted by Gasteiger charge is -2.04. The zero-order valence-corrected chi connectivity index (χ0v) is 8.09. The Bertz CT molecular complexity index is 203. The van der Waals surface area contributed by atoms with Gasteiger partial charge in [-0.2, -0.15) is 0 Å². The minimum absolute atomic E-state index is 0.360. The van der Waals surface area contributed by atoms with Crippen molar-refractivity contribution in [2.24, 2.45) is 4.99 Å². The van der Waals surface area contributed by atoms with Crippen LogP contribution >= 0.6 is 0 Å². The zero-order chi connectivity index (χ0) is 9.36. The third-order valence-electron chi connectivity index (χ3n) is 2.16. The molecule has 0 N–H and O–H groups in total. The van der Waals surface area contributed by atoms with E-state index in [1.54, 1.807) is 0 Å². The number of ether oxygens (including phenoxy) is 1. The standard InChI is InChI=1S/C11H17NO/c1-2-10-13-11-8-6-4-3-5-7-9-12-11/h1H,3-10H2. The van der Waals surface area contributed by atoms with Crippen LogP contribution < -0.4 is 0 Å². The highest BCUT2D eigenvalue weighted by Gasteiger charge is 2.02. The third kappa shape index (κ3) is 4.57. The molecule has 0 aromatic rings. The van der Waals surface area contributed by atoms with Crippen molar-refractivity contribution in [2.45, 2.75) is 38.5 Å². The molecule has 0 amide bonds. The minimum Gasteiger partial charge on any atom is -0.468 e. The molecule has 2 heteroatoms. The van der Waals surface area contributed by atoms with Gasteiger partial charge in [0.15, 0.2) is 5.90 Å². The Morgan fingerprint density at radius 3 is 2.85 bits per heavy atom. The van der Waals surface area contributed by atoms with E-state index in [1.807, 2.05) is 0 Å². The Kier molecular flexibility index (Phi) is 5.08. The molecule has 72 valence electrons. The lowest BCUT2D eigenvalue weighted by Crippen LogP contribution is -2.05. The first kappa shape index (κ1) is 10.1. The highest BCUT2D eigenvalue weighted by Crippen LogP contribution is 2.10. The molecule has 1 aliphatic heterocycles. The lowest BCUT2D eigenvalue weighted by atomic mass is 10.1. The molecule has 0 atom stereocenters. The van der Waals surface area contributed by atoms with Crippen LogP contribution in [0, 0.1) is 12.3 Å². The van der Waals surface area contributed by atoms with Crippen molar-refractivity contribution in [1.82, 2.24) is 0 Å². The van der Waals surface area contributed by atoms with Crippen LogP contribution in [0.25, 0.3) is 0 Å². The fourth-order valence-corrected chi connectivity index (χ4v) is 1.44. The first-order chi connectivity index (χ1) is 6.43. The molecular formula is C11H17NO. The number of nitrogens with zero attached hydrogens (tertiary/aromatic N) is 1. The summed E-state index contributed by atoms with van der Waals surface area (Å²) in [5, 5.41) is 0. The molecular weight excluding hydrogens is 162 g/mol. The van der Waals surface area contributed by atoms with E-state index in [0.29, 0.717) is 6.61 Å². The summed E-state index contributed by atoms with van der Waals surface area (Å²) in [6.07, 6.45) is 12.4. The normalized spacial score (nSPS) is 18.8. The average molecular weight is 179 g/mol. The average Bonchev–Trinajstić information content (AvgIpc) is 2.28. The second-order valence-electron chi connectivity index (χ2n) is 3.29. The Morgan fingerprint density at radius 1 is 1.23 bits per heavy atom. The molecule has 1 rings (SSSR count). The summed E-state index contributed by atoms with van der Waals surface area (Å²) in [5.74, 6) is 3.32. The van der Waals surface area contributed by atoms with E-state index in [0.717, 1.165) is 18.9 Å². The van der Waals surface area contributed by atoms with Gasteiger partial charge in [-0.05, 0) is 12.8 Å². The van der Waals surface area contributed by atoms with E-state index in [9.17, 15) is 0 Å². The quantitative estimate of drug-likeness (QED) is 0.566. The largest absolute Gasteiger partial charge is 0.468 e. The van der Waals surface area contributed by atoms with Crippen molar-refractivity contribution in [1.29, 1.82) is 0 Å². The molecule has 2 nitrogen and oxygen atoms in total. The maximum absolute atomic E-state index is 5.34. The zero-order valence-electron chi connectivity index (χ0n) is 8.09. The second kappa shape index (κ2) is 6.54. The molecule has 1 aliphatic rings. The van der Waals surface area contributed by atoms with E-state index >= 15 is 0 Å². The number of hydrogen-bond donors (Lipinski definition) is 0. The molecule has 0 fully saturated rings. The molecule has 1 heterocycles. The molecule has 0 aliphatic carbocycles. The molecule has 0 aromatic heterocycles. The van der Waals surface area contributed by atoms with Crippen molar-refractivity contribution < 1.29 is 4.74 Å². The number of terminal acetylenes is 1. The van der Waals surface area contributed by atoms with Crippen molar-refractivity contribution in [2.75, 3.05) is 13.2 Å². The van der Waals surface area contributed by atoms with Gasteiger partial charge in [-0.3, -0.25) is 4.99 Å². The van der Waals surface area contributed by atoms with Crippen LogP contribution in [0.3, 0.4) is 0 Å². The number of hydrogen-bond acceptors (Lipinski definition) is 2. The number of rotatable bonds is 1. The summed E-state index contributed by atoms with van der Waals surface area (Å²) in [4.78, 5) is 4.38. The topological polar surface area (TPSA) is 21.6 Å². The highest BCUT2D eigenvalue weighted by molar-refractivity contribution is 5.76. The SMILES string of the molecule is C#CCOC1=NCCCCCCC1. The number of aliphatic imine (C=N–C) groups is 1. The first-order valence-electron chi connectivity index (χ1n) is 5.03. The summed E-state index contributed by atoms with van der Waals surface area (Å²) >= 11 is 0. The van der Waals surface area contributed by atoms with E-state index < -0.39 is 0 Å². The predicted molar refractivity (Wildman–Crippen MR) is 54.8 cm³/mol. The van der Waals surface area contributed by atoms with E-state index in [1.165, 1.54) is 32.1 Å². The van der Waals surface area contributed by atoms with Crippen LogP contribution in [-0.2, 0) is 4.74 Å². The van der Waals surface area contributed by atoms with Crippen molar-refractivity contribution in [3.05, 3.63) is 0 Å². The third-order valence-corrected chi connectivity index (χ3v) is 2.16. The second-order valence-corrected chi connectivity index (χ2v) is 3.29. The lowest BCUT2D eigenvalue weighted by molar-refractivity contribution is 0.343. The Hall–Kier alpha value is -0.970. The van der Waals surface area contributed by atoms with Gasteiger partial charge in [0, 0.05) is 13.0 Å². The van der Waals surface area contributed by atoms with Crippen LogP contribution in [0.5, 0.6) is 0 Å². The highest BCUT2D eigenvalue weighted by atomic mass is 16.5. The van der Waals surface area contributed by atoms with Gasteiger partial charge in [-0.15, -0.1) is 6.42 Å². The van der Waals surface area contributed by atoms with Gasteiger partial charge in [0.05, 0.1) is 0 Å². The molecule has 0 unspecified atom stereocenters. The van der Waals surface area contributed by atoms with Gasteiger partial charge < -0.3 is 4.74 Å². The molecule has 13 heavy (non-hydrogen) atoms. The Balaban J connectivity index is 2.34. The summed E-state index contributed by atoms with van der Waals surface area (Å²) in [5.41, 5.74) is 0. The van der Waals surface area contributed by atoms with E-state index in [-0.39, 0.29) is 0 Å². The van der Waals surface area contributed by atoms with Gasteiger partial charge in [-0.25, -0.2) is 0 Å². The molecule has 0 spiro atoms. The fraction of sp³-hybridized carbons (Fsp3) is 0.727. The Morgan fingerprint density at radius 2 is 2.00 bits per heavy atom. The summed E-state index contributed by atoms with van der Waals surface area (Å²) in [6.45, 7) is 1.26. The van der Waals surface area contributed by atoms with Crippen LogP contribution in [-0.4, -0.2) is 19.0 Å². The van der Waals surface area contributed by atoms with Crippen LogP contribution in [0.2, 0.25) is 0 Å². The monoisotopic (exact) mass is 179 g/mol. The Labute approximate surface area is 80.4 Å². The van der Waals surface area contributed by atoms with Crippen LogP contribution in [0.1, 0.15) is 38.5 Å². The van der Waals surface area contributed by atoms with Gasteiger partial charge in [0.25, 0.3) is 0 Å². The van der Waals surface area contributed by atoms with E-state index in [2.05, 4.69) is 10.9 Å². The van der Waals surface area contributed by atoms with Gasteiger partial charge in [0.1, 0.15) is 6.61 Å². The van der Waals surface area contributed by atoms with Crippen LogP contribution in [0.15, 0.2) is 4.99 Å². The van der Waals surface area contributed by atoms with Gasteiger partial charge >= 0.3 is 0 Å². The van der Waals surface area contributed by atoms with Crippen molar-refractivity contribution >= 4 is 5.90 Å². The summed E-state index contributed by atoms with van der Waals surface area (Å²) < 4.78 is 5.34. The molecule has 0 saturated heterocycles. The minimum atomic E-state index is 0.360. The first-order valence-corrected chi connectivity index (χ1v) is 5.03.